The first-order valence-corrected chi connectivity index (χ1v) is 8.75. The molecule has 0 radical (unpaired) electrons. The second-order valence-electron chi connectivity index (χ2n) is 6.65. The Kier molecular flexibility index (Phi) is 6.97. The molecule has 1 aromatic rings. The van der Waals surface area contributed by atoms with Crippen molar-refractivity contribution in [3.05, 3.63) is 24.3 Å². The number of fused-ring (bicyclic) bond motifs is 1. The molecule has 2 aliphatic rings. The van der Waals surface area contributed by atoms with Crippen molar-refractivity contribution in [3.8, 4) is 11.5 Å². The second-order valence-corrected chi connectivity index (χ2v) is 6.65. The van der Waals surface area contributed by atoms with Crippen LogP contribution in [0.15, 0.2) is 24.3 Å². The standard InChI is InChI=1S/C18H26N2O5.ClH/c1-3-23-17(22)20-10-8-19(9-11-20)12-16(21)18(2)13-24-14-6-4-5-7-15(14)25-18;/h4-7,16,21H,3,8-13H2,1-2H3;1H. The highest BCUT2D eigenvalue weighted by Crippen LogP contribution is 2.36. The first-order chi connectivity index (χ1) is 12.0. The minimum absolute atomic E-state index is 0. The lowest BCUT2D eigenvalue weighted by atomic mass is 9.97. The van der Waals surface area contributed by atoms with Gasteiger partial charge in [0.25, 0.3) is 0 Å². The summed E-state index contributed by atoms with van der Waals surface area (Å²) in [6, 6.07) is 7.48. The fourth-order valence-corrected chi connectivity index (χ4v) is 3.09. The van der Waals surface area contributed by atoms with Crippen LogP contribution in [-0.4, -0.2) is 78.6 Å². The molecule has 1 N–H and O–H groups in total. The Morgan fingerprint density at radius 3 is 2.58 bits per heavy atom. The van der Waals surface area contributed by atoms with E-state index >= 15 is 0 Å². The Hall–Kier alpha value is -1.70. The van der Waals surface area contributed by atoms with Gasteiger partial charge in [-0.1, -0.05) is 12.1 Å². The number of aliphatic hydroxyl groups excluding tert-OH is 1. The first kappa shape index (κ1) is 20.6. The second kappa shape index (κ2) is 8.79. The fraction of sp³-hybridized carbons (Fsp3) is 0.611. The lowest BCUT2D eigenvalue weighted by Crippen LogP contribution is -2.58. The van der Waals surface area contributed by atoms with Crippen LogP contribution in [0.25, 0.3) is 0 Å². The fourth-order valence-electron chi connectivity index (χ4n) is 3.09. The van der Waals surface area contributed by atoms with Crippen LogP contribution >= 0.6 is 12.4 Å². The average Bonchev–Trinajstić information content (AvgIpc) is 2.62. The molecule has 0 bridgehead atoms. The molecule has 1 saturated heterocycles. The molecule has 7 nitrogen and oxygen atoms in total. The summed E-state index contributed by atoms with van der Waals surface area (Å²) in [7, 11) is 0. The van der Waals surface area contributed by atoms with Crippen LogP contribution in [0.2, 0.25) is 0 Å². The number of aliphatic hydroxyl groups is 1. The van der Waals surface area contributed by atoms with Crippen LogP contribution in [0.5, 0.6) is 11.5 Å². The summed E-state index contributed by atoms with van der Waals surface area (Å²) in [5, 5.41) is 10.7. The SMILES string of the molecule is CCOC(=O)N1CCN(CC(O)C2(C)COc3ccccc3O2)CC1.Cl. The van der Waals surface area contributed by atoms with E-state index in [1.54, 1.807) is 11.8 Å². The number of β-amino-alcohol motifs (C(OH)–C–C–N with tert-alkyl or cyclic N) is 1. The highest BCUT2D eigenvalue weighted by Gasteiger charge is 2.41. The summed E-state index contributed by atoms with van der Waals surface area (Å²) in [5.41, 5.74) is -0.799. The number of rotatable bonds is 4. The lowest BCUT2D eigenvalue weighted by Gasteiger charge is -2.41. The molecule has 1 amide bonds. The smallest absolute Gasteiger partial charge is 0.409 e. The van der Waals surface area contributed by atoms with E-state index in [2.05, 4.69) is 4.90 Å². The topological polar surface area (TPSA) is 71.5 Å². The number of halogens is 1. The minimum atomic E-state index is -0.799. The summed E-state index contributed by atoms with van der Waals surface area (Å²) in [6.07, 6.45) is -0.967. The van der Waals surface area contributed by atoms with Gasteiger partial charge in [-0.15, -0.1) is 12.4 Å². The zero-order valence-corrected chi connectivity index (χ0v) is 16.0. The summed E-state index contributed by atoms with van der Waals surface area (Å²) in [6.45, 7) is 7.41. The van der Waals surface area contributed by atoms with Crippen LogP contribution in [0.4, 0.5) is 4.79 Å². The Balaban J connectivity index is 0.00000243. The predicted octanol–water partition coefficient (Wildman–Crippen LogP) is 1.77. The largest absolute Gasteiger partial charge is 0.485 e. The van der Waals surface area contributed by atoms with Gasteiger partial charge >= 0.3 is 6.09 Å². The van der Waals surface area contributed by atoms with Gasteiger partial charge in [-0.3, -0.25) is 4.90 Å². The molecule has 146 valence electrons. The van der Waals surface area contributed by atoms with Crippen molar-refractivity contribution in [3.63, 3.8) is 0 Å². The Morgan fingerprint density at radius 2 is 1.92 bits per heavy atom. The van der Waals surface area contributed by atoms with Crippen LogP contribution in [0.1, 0.15) is 13.8 Å². The van der Waals surface area contributed by atoms with Crippen LogP contribution in [-0.2, 0) is 4.74 Å². The number of amides is 1. The van der Waals surface area contributed by atoms with Crippen LogP contribution < -0.4 is 9.47 Å². The van der Waals surface area contributed by atoms with E-state index in [-0.39, 0.29) is 18.5 Å². The van der Waals surface area contributed by atoms with Crippen LogP contribution in [0, 0.1) is 0 Å². The van der Waals surface area contributed by atoms with Crippen molar-refractivity contribution < 1.29 is 24.1 Å². The molecule has 2 unspecified atom stereocenters. The highest BCUT2D eigenvalue weighted by molar-refractivity contribution is 5.85. The molecule has 0 saturated carbocycles. The van der Waals surface area contributed by atoms with E-state index in [9.17, 15) is 9.90 Å². The van der Waals surface area contributed by atoms with E-state index in [0.717, 1.165) is 0 Å². The van der Waals surface area contributed by atoms with Gasteiger partial charge in [0.05, 0.1) is 6.61 Å². The third kappa shape index (κ3) is 4.52. The quantitative estimate of drug-likeness (QED) is 0.850. The highest BCUT2D eigenvalue weighted by atomic mass is 35.5. The van der Waals surface area contributed by atoms with Gasteiger partial charge in [0, 0.05) is 32.7 Å². The van der Waals surface area contributed by atoms with Crippen molar-refractivity contribution in [2.24, 2.45) is 0 Å². The normalized spacial score (nSPS) is 23.7. The Morgan fingerprint density at radius 1 is 1.27 bits per heavy atom. The monoisotopic (exact) mass is 386 g/mol. The van der Waals surface area contributed by atoms with Gasteiger partial charge in [0.15, 0.2) is 17.1 Å². The van der Waals surface area contributed by atoms with Crippen LogP contribution in [0.3, 0.4) is 0 Å². The van der Waals surface area contributed by atoms with Gasteiger partial charge in [-0.2, -0.15) is 0 Å². The Labute approximate surface area is 160 Å². The van der Waals surface area contributed by atoms with Crippen molar-refractivity contribution in [1.29, 1.82) is 0 Å². The molecule has 8 heteroatoms. The average molecular weight is 387 g/mol. The van der Waals surface area contributed by atoms with Crippen molar-refractivity contribution in [1.82, 2.24) is 9.80 Å². The molecule has 2 heterocycles. The molecule has 1 aromatic carbocycles. The molecule has 0 aliphatic carbocycles. The van der Waals surface area contributed by atoms with E-state index in [1.165, 1.54) is 0 Å². The molecule has 0 spiro atoms. The van der Waals surface area contributed by atoms with E-state index in [4.69, 9.17) is 14.2 Å². The molecule has 0 aromatic heterocycles. The minimum Gasteiger partial charge on any atom is -0.485 e. The third-order valence-electron chi connectivity index (χ3n) is 4.74. The number of hydrogen-bond acceptors (Lipinski definition) is 6. The zero-order valence-electron chi connectivity index (χ0n) is 15.2. The van der Waals surface area contributed by atoms with Crippen molar-refractivity contribution in [2.75, 3.05) is 45.9 Å². The van der Waals surface area contributed by atoms with Gasteiger partial charge in [0.1, 0.15) is 12.7 Å². The number of nitrogens with zero attached hydrogens (tertiary/aromatic N) is 2. The first-order valence-electron chi connectivity index (χ1n) is 8.75. The number of hydrogen-bond donors (Lipinski definition) is 1. The molecule has 26 heavy (non-hydrogen) atoms. The van der Waals surface area contributed by atoms with Crippen molar-refractivity contribution >= 4 is 18.5 Å². The van der Waals surface area contributed by atoms with E-state index in [0.29, 0.717) is 57.4 Å². The maximum atomic E-state index is 11.7. The third-order valence-corrected chi connectivity index (χ3v) is 4.74. The van der Waals surface area contributed by atoms with E-state index < -0.39 is 11.7 Å². The van der Waals surface area contributed by atoms with Gasteiger partial charge < -0.3 is 24.2 Å². The number of ether oxygens (including phenoxy) is 3. The zero-order chi connectivity index (χ0) is 17.9. The maximum absolute atomic E-state index is 11.7. The summed E-state index contributed by atoms with van der Waals surface area (Å²) in [5.74, 6) is 1.36. The molecular formula is C18H27ClN2O5. The summed E-state index contributed by atoms with van der Waals surface area (Å²) < 4.78 is 16.8. The summed E-state index contributed by atoms with van der Waals surface area (Å²) >= 11 is 0. The number of piperazine rings is 1. The summed E-state index contributed by atoms with van der Waals surface area (Å²) in [4.78, 5) is 15.6. The van der Waals surface area contributed by atoms with Gasteiger partial charge in [-0.25, -0.2) is 4.79 Å². The number of carbonyl (C=O) groups excluding carboxylic acids is 1. The molecule has 2 atom stereocenters. The van der Waals surface area contributed by atoms with Gasteiger partial charge in [-0.05, 0) is 26.0 Å². The molecule has 2 aliphatic heterocycles. The lowest BCUT2D eigenvalue weighted by molar-refractivity contribution is -0.0957. The van der Waals surface area contributed by atoms with Crippen molar-refractivity contribution in [2.45, 2.75) is 25.6 Å². The molecular weight excluding hydrogens is 360 g/mol. The van der Waals surface area contributed by atoms with E-state index in [1.807, 2.05) is 31.2 Å². The molecule has 3 rings (SSSR count). The number of carbonyl (C=O) groups is 1. The number of benzene rings is 1. The number of para-hydroxylation sites is 2. The Bertz CT molecular complexity index is 609. The molecule has 1 fully saturated rings. The predicted molar refractivity (Wildman–Crippen MR) is 99.3 cm³/mol. The van der Waals surface area contributed by atoms with Gasteiger partial charge in [0.2, 0.25) is 0 Å². The maximum Gasteiger partial charge on any atom is 0.409 e.